The third-order valence-electron chi connectivity index (χ3n) is 6.93. The van der Waals surface area contributed by atoms with Crippen molar-refractivity contribution in [2.24, 2.45) is 0 Å². The molecule has 2 aromatic carbocycles. The Morgan fingerprint density at radius 1 is 1.17 bits per heavy atom. The molecule has 3 N–H and O–H groups in total. The Balaban J connectivity index is 1.38. The third kappa shape index (κ3) is 5.58. The number of hydrogen-bond donors (Lipinski definition) is 3. The predicted molar refractivity (Wildman–Crippen MR) is 139 cm³/mol. The van der Waals surface area contributed by atoms with Crippen LogP contribution in [0.1, 0.15) is 49.8 Å². The van der Waals surface area contributed by atoms with Crippen LogP contribution in [0.3, 0.4) is 0 Å². The molecular weight excluding hydrogens is 465 g/mol. The van der Waals surface area contributed by atoms with Crippen molar-refractivity contribution in [1.82, 2.24) is 20.6 Å². The van der Waals surface area contributed by atoms with E-state index in [9.17, 15) is 4.39 Å². The van der Waals surface area contributed by atoms with Gasteiger partial charge in [-0.3, -0.25) is 0 Å². The molecule has 0 amide bonds. The Hall–Kier alpha value is -2.74. The molecule has 0 bridgehead atoms. The van der Waals surface area contributed by atoms with Crippen LogP contribution in [0.15, 0.2) is 49.2 Å². The molecule has 8 heteroatoms. The fourth-order valence-electron chi connectivity index (χ4n) is 4.92. The summed E-state index contributed by atoms with van der Waals surface area (Å²) >= 11 is 5.95. The number of nitrogens with zero attached hydrogens (tertiary/aromatic N) is 2. The summed E-state index contributed by atoms with van der Waals surface area (Å²) in [6.45, 7) is 8.00. The molecule has 0 radical (unpaired) electrons. The van der Waals surface area contributed by atoms with Crippen LogP contribution in [-0.4, -0.2) is 41.3 Å². The zero-order valence-corrected chi connectivity index (χ0v) is 20.6. The molecule has 35 heavy (non-hydrogen) atoms. The zero-order valence-electron chi connectivity index (χ0n) is 19.9. The highest BCUT2D eigenvalue weighted by Gasteiger charge is 2.30. The summed E-state index contributed by atoms with van der Waals surface area (Å²) in [5.41, 5.74) is 3.37. The van der Waals surface area contributed by atoms with Gasteiger partial charge in [-0.05, 0) is 61.9 Å². The van der Waals surface area contributed by atoms with Gasteiger partial charge in [-0.25, -0.2) is 14.4 Å². The van der Waals surface area contributed by atoms with Crippen LogP contribution in [0.4, 0.5) is 10.3 Å². The second-order valence-electron chi connectivity index (χ2n) is 9.52. The van der Waals surface area contributed by atoms with E-state index in [-0.39, 0.29) is 17.1 Å². The summed E-state index contributed by atoms with van der Waals surface area (Å²) in [6.07, 6.45) is 5.79. The van der Waals surface area contributed by atoms with Crippen molar-refractivity contribution in [2.45, 2.75) is 56.8 Å². The van der Waals surface area contributed by atoms with Crippen LogP contribution < -0.4 is 16.0 Å². The van der Waals surface area contributed by atoms with E-state index < -0.39 is 5.82 Å². The third-order valence-corrected chi connectivity index (χ3v) is 7.24. The quantitative estimate of drug-likeness (QED) is 0.404. The molecular formula is C27H31ClFN5O. The number of nitrogens with one attached hydrogen (secondary N) is 3. The van der Waals surface area contributed by atoms with Gasteiger partial charge in [0.1, 0.15) is 5.82 Å². The molecule has 2 aliphatic rings. The molecule has 5 rings (SSSR count). The minimum atomic E-state index is -0.417. The second-order valence-corrected chi connectivity index (χ2v) is 9.93. The van der Waals surface area contributed by atoms with Gasteiger partial charge in [-0.2, -0.15) is 0 Å². The fourth-order valence-corrected chi connectivity index (χ4v) is 5.04. The van der Waals surface area contributed by atoms with Crippen LogP contribution in [0, 0.1) is 5.82 Å². The smallest absolute Gasteiger partial charge is 0.223 e. The average Bonchev–Trinajstić information content (AvgIpc) is 3.30. The standard InChI is InChI=1S/C27H31ClFN5O/c1-16-3-8-24(31-16)26(19-6-7-22(28)23(29)13-19)32-17(2)18-4-5-20-15-30-27(34-25(20)14-18)33-21-9-11-35-12-10-21/h4-7,13-16,21,24,26,31-32H,2-3,8-12H2,1H3,(H,30,33,34)/t16-,24-,26+/m1/s1. The first-order valence-electron chi connectivity index (χ1n) is 12.2. The highest BCUT2D eigenvalue weighted by Crippen LogP contribution is 2.30. The monoisotopic (exact) mass is 495 g/mol. The van der Waals surface area contributed by atoms with Crippen molar-refractivity contribution in [3.8, 4) is 0 Å². The number of aromatic nitrogens is 2. The summed E-state index contributed by atoms with van der Waals surface area (Å²) in [5.74, 6) is 0.207. The lowest BCUT2D eigenvalue weighted by molar-refractivity contribution is 0.0903. The minimum Gasteiger partial charge on any atom is -0.381 e. The average molecular weight is 496 g/mol. The normalized spacial score (nSPS) is 21.7. The maximum absolute atomic E-state index is 14.3. The maximum Gasteiger partial charge on any atom is 0.223 e. The molecule has 0 spiro atoms. The van der Waals surface area contributed by atoms with Gasteiger partial charge in [-0.1, -0.05) is 36.4 Å². The lowest BCUT2D eigenvalue weighted by atomic mass is 9.96. The largest absolute Gasteiger partial charge is 0.381 e. The van der Waals surface area contributed by atoms with Crippen LogP contribution in [0.5, 0.6) is 0 Å². The van der Waals surface area contributed by atoms with Crippen LogP contribution in [0.25, 0.3) is 16.6 Å². The number of ether oxygens (including phenoxy) is 1. The number of halogens is 2. The molecule has 3 atom stereocenters. The zero-order chi connectivity index (χ0) is 24.4. The summed E-state index contributed by atoms with van der Waals surface area (Å²) in [6, 6.07) is 11.8. The van der Waals surface area contributed by atoms with E-state index >= 15 is 0 Å². The summed E-state index contributed by atoms with van der Waals surface area (Å²) in [5, 5.41) is 11.7. The topological polar surface area (TPSA) is 71.1 Å². The summed E-state index contributed by atoms with van der Waals surface area (Å²) in [4.78, 5) is 9.23. The molecule has 0 unspecified atom stereocenters. The van der Waals surface area contributed by atoms with Gasteiger partial charge in [0.25, 0.3) is 0 Å². The summed E-state index contributed by atoms with van der Waals surface area (Å²) in [7, 11) is 0. The van der Waals surface area contributed by atoms with E-state index in [1.807, 2.05) is 30.5 Å². The molecule has 3 heterocycles. The van der Waals surface area contributed by atoms with E-state index in [0.717, 1.165) is 66.6 Å². The van der Waals surface area contributed by atoms with Crippen molar-refractivity contribution in [3.63, 3.8) is 0 Å². The molecule has 0 saturated carbocycles. The van der Waals surface area contributed by atoms with E-state index in [4.69, 9.17) is 21.3 Å². The predicted octanol–water partition coefficient (Wildman–Crippen LogP) is 5.46. The Morgan fingerprint density at radius 3 is 2.74 bits per heavy atom. The summed E-state index contributed by atoms with van der Waals surface area (Å²) < 4.78 is 19.8. The Morgan fingerprint density at radius 2 is 2.00 bits per heavy atom. The SMILES string of the molecule is C=C(N[C@@H](c1ccc(Cl)c(F)c1)[C@H]1CC[C@@H](C)N1)c1ccc2cnc(NC3CCOCC3)nc2c1. The lowest BCUT2D eigenvalue weighted by Crippen LogP contribution is -2.39. The van der Waals surface area contributed by atoms with E-state index in [1.54, 1.807) is 6.07 Å². The van der Waals surface area contributed by atoms with Gasteiger partial charge >= 0.3 is 0 Å². The molecule has 3 aromatic rings. The van der Waals surface area contributed by atoms with Gasteiger partial charge < -0.3 is 20.7 Å². The number of fused-ring (bicyclic) bond motifs is 1. The van der Waals surface area contributed by atoms with E-state index in [0.29, 0.717) is 18.0 Å². The van der Waals surface area contributed by atoms with Crippen molar-refractivity contribution in [2.75, 3.05) is 18.5 Å². The van der Waals surface area contributed by atoms with Gasteiger partial charge in [-0.15, -0.1) is 0 Å². The van der Waals surface area contributed by atoms with Crippen molar-refractivity contribution >= 4 is 34.1 Å². The molecule has 184 valence electrons. The Bertz CT molecular complexity index is 1220. The van der Waals surface area contributed by atoms with Crippen molar-refractivity contribution in [3.05, 3.63) is 71.1 Å². The van der Waals surface area contributed by atoms with Gasteiger partial charge in [0.15, 0.2) is 0 Å². The number of hydrogen-bond acceptors (Lipinski definition) is 6. The van der Waals surface area contributed by atoms with Crippen LogP contribution >= 0.6 is 11.6 Å². The number of benzene rings is 2. The first-order chi connectivity index (χ1) is 17.0. The minimum absolute atomic E-state index is 0.124. The van der Waals surface area contributed by atoms with Crippen molar-refractivity contribution < 1.29 is 9.13 Å². The maximum atomic E-state index is 14.3. The molecule has 6 nitrogen and oxygen atoms in total. The lowest BCUT2D eigenvalue weighted by Gasteiger charge is -2.28. The molecule has 2 saturated heterocycles. The molecule has 0 aliphatic carbocycles. The molecule has 2 fully saturated rings. The van der Waals surface area contributed by atoms with E-state index in [1.165, 1.54) is 6.07 Å². The Kier molecular flexibility index (Phi) is 7.18. The van der Waals surface area contributed by atoms with Crippen LogP contribution in [-0.2, 0) is 4.74 Å². The van der Waals surface area contributed by atoms with Gasteiger partial charge in [0.2, 0.25) is 5.95 Å². The van der Waals surface area contributed by atoms with Crippen molar-refractivity contribution in [1.29, 1.82) is 0 Å². The van der Waals surface area contributed by atoms with E-state index in [2.05, 4.69) is 34.4 Å². The highest BCUT2D eigenvalue weighted by molar-refractivity contribution is 6.30. The first-order valence-corrected chi connectivity index (χ1v) is 12.6. The van der Waals surface area contributed by atoms with Gasteiger partial charge in [0.05, 0.1) is 16.6 Å². The van der Waals surface area contributed by atoms with Crippen LogP contribution in [0.2, 0.25) is 5.02 Å². The molecule has 1 aromatic heterocycles. The second kappa shape index (κ2) is 10.5. The highest BCUT2D eigenvalue weighted by atomic mass is 35.5. The Labute approximate surface area is 210 Å². The number of rotatable bonds is 7. The first kappa shape index (κ1) is 24.0. The fraction of sp³-hybridized carbons (Fsp3) is 0.407. The number of anilines is 1. The molecule has 2 aliphatic heterocycles. The van der Waals surface area contributed by atoms with Gasteiger partial charge in [0, 0.05) is 48.6 Å².